The predicted octanol–water partition coefficient (Wildman–Crippen LogP) is 0.159. The Kier molecular flexibility index (Phi) is 8.86. The van der Waals surface area contributed by atoms with E-state index in [9.17, 15) is 34.4 Å². The van der Waals surface area contributed by atoms with E-state index in [0.29, 0.717) is 0 Å². The van der Waals surface area contributed by atoms with Crippen LogP contribution in [-0.2, 0) is 49.5 Å². The normalized spacial score (nSPS) is 23.9. The number of hydrogen-bond donors (Lipinski definition) is 1. The molecule has 14 heteroatoms. The Morgan fingerprint density at radius 1 is 1.00 bits per heavy atom. The first-order chi connectivity index (χ1) is 16.0. The third-order valence-electron chi connectivity index (χ3n) is 4.48. The second-order valence-electron chi connectivity index (χ2n) is 7.01. The van der Waals surface area contributed by atoms with Crippen LogP contribution in [0.4, 0.5) is 5.69 Å². The maximum Gasteiger partial charge on any atom is 0.339 e. The summed E-state index contributed by atoms with van der Waals surface area (Å²) in [6.07, 6.45) is -8.30. The topological polar surface area (TPSA) is 187 Å². The molecular weight excluding hydrogens is 462 g/mol. The molecule has 2 rings (SSSR count). The first-order valence-electron chi connectivity index (χ1n) is 9.78. The quantitative estimate of drug-likeness (QED) is 0.227. The van der Waals surface area contributed by atoms with Gasteiger partial charge in [0.2, 0.25) is 12.4 Å². The van der Waals surface area contributed by atoms with E-state index in [1.54, 1.807) is 0 Å². The fraction of sp³-hybridized carbons (Fsp3) is 0.500. The molecule has 0 aromatic heterocycles. The zero-order valence-corrected chi connectivity index (χ0v) is 18.6. The van der Waals surface area contributed by atoms with Gasteiger partial charge in [0, 0.05) is 26.8 Å². The molecule has 1 aliphatic heterocycles. The summed E-state index contributed by atoms with van der Waals surface area (Å²) in [7, 11) is 1.02. The average Bonchev–Trinajstić information content (AvgIpc) is 2.76. The summed E-state index contributed by atoms with van der Waals surface area (Å²) in [6.45, 7) is 2.58. The van der Waals surface area contributed by atoms with Gasteiger partial charge in [0.1, 0.15) is 0 Å². The number of benzene rings is 1. The Hall–Kier alpha value is -3.78. The highest BCUT2D eigenvalue weighted by Gasteiger charge is 2.56. The molecular formula is C20H23NO13. The predicted molar refractivity (Wildman–Crippen MR) is 107 cm³/mol. The molecule has 1 aliphatic rings. The van der Waals surface area contributed by atoms with E-state index in [0.717, 1.165) is 40.0 Å². The van der Waals surface area contributed by atoms with Gasteiger partial charge in [-0.1, -0.05) is 6.07 Å². The number of nitro groups is 1. The highest BCUT2D eigenvalue weighted by Crippen LogP contribution is 2.35. The molecule has 1 fully saturated rings. The summed E-state index contributed by atoms with van der Waals surface area (Å²) < 4.78 is 31.3. The van der Waals surface area contributed by atoms with Crippen molar-refractivity contribution in [3.05, 3.63) is 33.9 Å². The molecule has 0 amide bonds. The van der Waals surface area contributed by atoms with Crippen LogP contribution in [0, 0.1) is 10.1 Å². The monoisotopic (exact) mass is 485 g/mol. The van der Waals surface area contributed by atoms with Gasteiger partial charge >= 0.3 is 29.6 Å². The van der Waals surface area contributed by atoms with Crippen LogP contribution in [0.5, 0.6) is 5.75 Å². The number of nitro benzene ring substituents is 1. The molecule has 1 N–H and O–H groups in total. The molecule has 0 aliphatic carbocycles. The van der Waals surface area contributed by atoms with Crippen LogP contribution in [0.2, 0.25) is 0 Å². The molecule has 34 heavy (non-hydrogen) atoms. The van der Waals surface area contributed by atoms with E-state index in [4.69, 9.17) is 23.7 Å². The van der Waals surface area contributed by atoms with Gasteiger partial charge in [0.05, 0.1) is 18.6 Å². The number of carbonyl (C=O) groups is 4. The standard InChI is InChI=1S/C20H23NO13/c1-9(23)30-15-16(31-10(2)24)18(32-11(3)25)20(34-17(15)19(26)29-4)33-14-6-5-12(8-22)7-13(14)21(27)28/h5-7,15-18,20,22H,8H2,1-4H3. The molecule has 14 nitrogen and oxygen atoms in total. The van der Waals surface area contributed by atoms with Crippen LogP contribution < -0.4 is 4.74 Å². The minimum atomic E-state index is -1.75. The largest absolute Gasteiger partial charge is 0.467 e. The Labute approximate surface area is 192 Å². The minimum absolute atomic E-state index is 0.209. The number of nitrogens with zero attached hydrogens (tertiary/aromatic N) is 1. The summed E-state index contributed by atoms with van der Waals surface area (Å²) in [5.74, 6) is -4.08. The van der Waals surface area contributed by atoms with Crippen LogP contribution in [-0.4, -0.2) is 71.7 Å². The number of esters is 4. The Balaban J connectivity index is 2.58. The van der Waals surface area contributed by atoms with Crippen molar-refractivity contribution in [3.63, 3.8) is 0 Å². The molecule has 5 atom stereocenters. The number of ether oxygens (including phenoxy) is 6. The van der Waals surface area contributed by atoms with E-state index in [1.807, 2.05) is 0 Å². The van der Waals surface area contributed by atoms with Gasteiger partial charge in [-0.2, -0.15) is 0 Å². The zero-order chi connectivity index (χ0) is 25.6. The van der Waals surface area contributed by atoms with Crippen molar-refractivity contribution in [1.82, 2.24) is 0 Å². The van der Waals surface area contributed by atoms with E-state index in [2.05, 4.69) is 4.74 Å². The average molecular weight is 485 g/mol. The first kappa shape index (κ1) is 26.5. The lowest BCUT2D eigenvalue weighted by molar-refractivity contribution is -0.387. The van der Waals surface area contributed by atoms with Crippen LogP contribution in [0.3, 0.4) is 0 Å². The van der Waals surface area contributed by atoms with Crippen molar-refractivity contribution in [2.75, 3.05) is 7.11 Å². The number of methoxy groups -OCH3 is 1. The molecule has 0 bridgehead atoms. The lowest BCUT2D eigenvalue weighted by atomic mass is 9.97. The summed E-state index contributed by atoms with van der Waals surface area (Å²) in [5, 5.41) is 20.8. The van der Waals surface area contributed by atoms with E-state index >= 15 is 0 Å². The number of rotatable bonds is 8. The van der Waals surface area contributed by atoms with Crippen LogP contribution in [0.25, 0.3) is 0 Å². The molecule has 1 heterocycles. The van der Waals surface area contributed by atoms with Gasteiger partial charge in [-0.3, -0.25) is 24.5 Å². The molecule has 186 valence electrons. The van der Waals surface area contributed by atoms with Gasteiger partial charge < -0.3 is 33.5 Å². The molecule has 1 aromatic rings. The number of aliphatic hydroxyl groups excluding tert-OH is 1. The first-order valence-corrected chi connectivity index (χ1v) is 9.78. The fourth-order valence-electron chi connectivity index (χ4n) is 3.20. The van der Waals surface area contributed by atoms with Crippen molar-refractivity contribution >= 4 is 29.6 Å². The second-order valence-corrected chi connectivity index (χ2v) is 7.01. The minimum Gasteiger partial charge on any atom is -0.467 e. The van der Waals surface area contributed by atoms with E-state index < -0.39 is 71.8 Å². The van der Waals surface area contributed by atoms with E-state index in [1.165, 1.54) is 6.07 Å². The molecule has 0 spiro atoms. The third kappa shape index (κ3) is 6.39. The Bertz CT molecular complexity index is 962. The van der Waals surface area contributed by atoms with Gasteiger partial charge in [-0.15, -0.1) is 0 Å². The number of carbonyl (C=O) groups excluding carboxylic acids is 4. The molecule has 0 saturated carbocycles. The smallest absolute Gasteiger partial charge is 0.339 e. The Morgan fingerprint density at radius 3 is 2.06 bits per heavy atom. The van der Waals surface area contributed by atoms with Crippen LogP contribution >= 0.6 is 0 Å². The number of aliphatic hydroxyl groups is 1. The van der Waals surface area contributed by atoms with Crippen molar-refractivity contribution < 1.29 is 57.6 Å². The van der Waals surface area contributed by atoms with Crippen molar-refractivity contribution in [2.45, 2.75) is 58.1 Å². The van der Waals surface area contributed by atoms with E-state index in [-0.39, 0.29) is 11.3 Å². The van der Waals surface area contributed by atoms with Gasteiger partial charge in [-0.25, -0.2) is 4.79 Å². The summed E-state index contributed by atoms with van der Waals surface area (Å²) in [5.41, 5.74) is -0.363. The summed E-state index contributed by atoms with van der Waals surface area (Å²) in [4.78, 5) is 58.4. The summed E-state index contributed by atoms with van der Waals surface area (Å²) >= 11 is 0. The zero-order valence-electron chi connectivity index (χ0n) is 18.6. The van der Waals surface area contributed by atoms with Crippen LogP contribution in [0.15, 0.2) is 18.2 Å². The van der Waals surface area contributed by atoms with Crippen molar-refractivity contribution in [3.8, 4) is 5.75 Å². The molecule has 0 radical (unpaired) electrons. The molecule has 5 unspecified atom stereocenters. The highest BCUT2D eigenvalue weighted by atomic mass is 16.7. The van der Waals surface area contributed by atoms with Crippen molar-refractivity contribution in [1.29, 1.82) is 0 Å². The fourth-order valence-corrected chi connectivity index (χ4v) is 3.20. The Morgan fingerprint density at radius 2 is 1.56 bits per heavy atom. The van der Waals surface area contributed by atoms with Crippen LogP contribution in [0.1, 0.15) is 26.3 Å². The maximum absolute atomic E-state index is 12.4. The lowest BCUT2D eigenvalue weighted by Gasteiger charge is -2.42. The third-order valence-corrected chi connectivity index (χ3v) is 4.48. The number of hydrogen-bond acceptors (Lipinski definition) is 13. The van der Waals surface area contributed by atoms with Crippen molar-refractivity contribution in [2.24, 2.45) is 0 Å². The summed E-state index contributed by atoms with van der Waals surface area (Å²) in [6, 6.07) is 3.53. The SMILES string of the molecule is COC(=O)C1OC(Oc2ccc(CO)cc2[N+](=O)[O-])C(OC(C)=O)C(OC(C)=O)C1OC(C)=O. The maximum atomic E-state index is 12.4. The molecule has 1 aromatic carbocycles. The van der Waals surface area contributed by atoms with Gasteiger partial charge in [0.25, 0.3) is 0 Å². The van der Waals surface area contributed by atoms with Gasteiger partial charge in [0.15, 0.2) is 24.1 Å². The molecule has 1 saturated heterocycles. The highest BCUT2D eigenvalue weighted by molar-refractivity contribution is 5.77. The van der Waals surface area contributed by atoms with Gasteiger partial charge in [-0.05, 0) is 11.6 Å². The lowest BCUT2D eigenvalue weighted by Crippen LogP contribution is -2.64. The second kappa shape index (κ2) is 11.4.